The molecule has 0 heterocycles. The molecule has 2 aromatic carbocycles. The normalized spacial score (nSPS) is 10.8. The molecule has 9 heteroatoms. The summed E-state index contributed by atoms with van der Waals surface area (Å²) in [6.07, 6.45) is 1.65. The highest BCUT2D eigenvalue weighted by Crippen LogP contribution is 2.37. The lowest BCUT2D eigenvalue weighted by Crippen LogP contribution is -2.31. The summed E-state index contributed by atoms with van der Waals surface area (Å²) in [5.74, 6) is 1.18. The van der Waals surface area contributed by atoms with Crippen molar-refractivity contribution >= 4 is 62.7 Å². The highest BCUT2D eigenvalue weighted by Gasteiger charge is 2.13. The molecule has 150 valence electrons. The predicted molar refractivity (Wildman–Crippen MR) is 123 cm³/mol. The minimum Gasteiger partial charge on any atom is -0.490 e. The Kier molecular flexibility index (Phi) is 9.31. The molecule has 2 rings (SSSR count). The Morgan fingerprint density at radius 3 is 2.68 bits per heavy atom. The van der Waals surface area contributed by atoms with Crippen molar-refractivity contribution in [1.29, 1.82) is 0 Å². The van der Waals surface area contributed by atoms with Crippen LogP contribution in [-0.4, -0.2) is 24.5 Å². The van der Waals surface area contributed by atoms with E-state index in [-0.39, 0.29) is 6.61 Å². The summed E-state index contributed by atoms with van der Waals surface area (Å²) < 4.78 is 12.4. The van der Waals surface area contributed by atoms with Gasteiger partial charge in [0.15, 0.2) is 16.6 Å². The average molecular weight is 505 g/mol. The van der Waals surface area contributed by atoms with Crippen molar-refractivity contribution in [2.45, 2.75) is 20.5 Å². The van der Waals surface area contributed by atoms with E-state index in [1.807, 2.05) is 32.0 Å². The number of ether oxygens (including phenoxy) is 2. The molecule has 0 aliphatic heterocycles. The van der Waals surface area contributed by atoms with Crippen molar-refractivity contribution in [3.63, 3.8) is 0 Å². The van der Waals surface area contributed by atoms with Crippen LogP contribution in [0.3, 0.4) is 0 Å². The lowest BCUT2D eigenvalue weighted by molar-refractivity contribution is 0.267. The third-order valence-corrected chi connectivity index (χ3v) is 4.85. The van der Waals surface area contributed by atoms with E-state index < -0.39 is 0 Å². The monoisotopic (exact) mass is 503 g/mol. The predicted octanol–water partition coefficient (Wildman–Crippen LogP) is 5.55. The molecule has 0 atom stereocenters. The van der Waals surface area contributed by atoms with Gasteiger partial charge in [-0.1, -0.05) is 29.3 Å². The van der Waals surface area contributed by atoms with Gasteiger partial charge in [0.2, 0.25) is 0 Å². The summed E-state index contributed by atoms with van der Waals surface area (Å²) in [6, 6.07) is 9.01. The number of rotatable bonds is 8. The Bertz CT molecular complexity index is 865. The van der Waals surface area contributed by atoms with Gasteiger partial charge in [-0.3, -0.25) is 5.43 Å². The van der Waals surface area contributed by atoms with Gasteiger partial charge in [0.1, 0.15) is 6.61 Å². The van der Waals surface area contributed by atoms with Crippen LogP contribution in [0.5, 0.6) is 11.5 Å². The smallest absolute Gasteiger partial charge is 0.186 e. The highest BCUT2D eigenvalue weighted by molar-refractivity contribution is 9.10. The molecule has 2 N–H and O–H groups in total. The second-order valence-electron chi connectivity index (χ2n) is 5.52. The van der Waals surface area contributed by atoms with Crippen LogP contribution in [0.15, 0.2) is 39.9 Å². The number of hydrazone groups is 1. The van der Waals surface area contributed by atoms with Gasteiger partial charge < -0.3 is 14.8 Å². The van der Waals surface area contributed by atoms with Crippen LogP contribution in [0, 0.1) is 0 Å². The van der Waals surface area contributed by atoms with Crippen molar-refractivity contribution in [2.24, 2.45) is 5.10 Å². The van der Waals surface area contributed by atoms with Gasteiger partial charge in [0.25, 0.3) is 0 Å². The molecule has 0 aromatic heterocycles. The number of nitrogens with zero attached hydrogens (tertiary/aromatic N) is 1. The van der Waals surface area contributed by atoms with Gasteiger partial charge in [0, 0.05) is 22.2 Å². The maximum absolute atomic E-state index is 6.22. The lowest BCUT2D eigenvalue weighted by Gasteiger charge is -2.15. The molecule has 0 spiro atoms. The molecule has 0 saturated heterocycles. The van der Waals surface area contributed by atoms with Crippen LogP contribution in [0.2, 0.25) is 10.0 Å². The summed E-state index contributed by atoms with van der Waals surface area (Å²) in [4.78, 5) is 0. The van der Waals surface area contributed by atoms with E-state index in [1.54, 1.807) is 18.3 Å². The average Bonchev–Trinajstić information content (AvgIpc) is 2.63. The van der Waals surface area contributed by atoms with Gasteiger partial charge in [-0.2, -0.15) is 5.10 Å². The van der Waals surface area contributed by atoms with E-state index in [1.165, 1.54) is 0 Å². The lowest BCUT2D eigenvalue weighted by atomic mass is 10.2. The van der Waals surface area contributed by atoms with E-state index in [0.717, 1.165) is 22.1 Å². The number of benzene rings is 2. The van der Waals surface area contributed by atoms with Crippen molar-refractivity contribution < 1.29 is 9.47 Å². The summed E-state index contributed by atoms with van der Waals surface area (Å²) >= 11 is 20.8. The van der Waals surface area contributed by atoms with Crippen LogP contribution in [0.4, 0.5) is 0 Å². The maximum Gasteiger partial charge on any atom is 0.186 e. The zero-order valence-electron chi connectivity index (χ0n) is 15.4. The molecule has 0 unspecified atom stereocenters. The van der Waals surface area contributed by atoms with Gasteiger partial charge in [-0.05, 0) is 71.8 Å². The first-order valence-corrected chi connectivity index (χ1v) is 10.5. The number of hydrogen-bond donors (Lipinski definition) is 2. The zero-order chi connectivity index (χ0) is 20.5. The Morgan fingerprint density at radius 1 is 1.21 bits per heavy atom. The van der Waals surface area contributed by atoms with Gasteiger partial charge in [-0.15, -0.1) is 0 Å². The SMILES string of the molecule is CCNC(=S)N/N=C\c1cc(Br)c(OCc2ccc(Cl)cc2Cl)c(OCC)c1. The van der Waals surface area contributed by atoms with E-state index in [0.29, 0.717) is 33.3 Å². The largest absolute Gasteiger partial charge is 0.490 e. The van der Waals surface area contributed by atoms with Crippen LogP contribution < -0.4 is 20.2 Å². The Labute approximate surface area is 188 Å². The number of nitrogens with one attached hydrogen (secondary N) is 2. The molecular weight excluding hydrogens is 485 g/mol. The molecule has 28 heavy (non-hydrogen) atoms. The third-order valence-electron chi connectivity index (χ3n) is 3.44. The van der Waals surface area contributed by atoms with Crippen molar-refractivity contribution in [3.05, 3.63) is 56.0 Å². The van der Waals surface area contributed by atoms with Crippen LogP contribution in [0.25, 0.3) is 0 Å². The summed E-state index contributed by atoms with van der Waals surface area (Å²) in [6.45, 7) is 5.36. The second-order valence-corrected chi connectivity index (χ2v) is 7.62. The van der Waals surface area contributed by atoms with E-state index in [2.05, 4.69) is 31.8 Å². The second kappa shape index (κ2) is 11.5. The first kappa shape index (κ1) is 22.7. The van der Waals surface area contributed by atoms with E-state index in [9.17, 15) is 0 Å². The fourth-order valence-electron chi connectivity index (χ4n) is 2.22. The highest BCUT2D eigenvalue weighted by atomic mass is 79.9. The molecule has 0 saturated carbocycles. The molecule has 5 nitrogen and oxygen atoms in total. The molecule has 0 amide bonds. The fourth-order valence-corrected chi connectivity index (χ4v) is 3.45. The van der Waals surface area contributed by atoms with Gasteiger partial charge >= 0.3 is 0 Å². The van der Waals surface area contributed by atoms with Crippen LogP contribution in [0.1, 0.15) is 25.0 Å². The topological polar surface area (TPSA) is 54.9 Å². The number of hydrogen-bond acceptors (Lipinski definition) is 4. The number of halogens is 3. The first-order valence-electron chi connectivity index (χ1n) is 8.54. The van der Waals surface area contributed by atoms with Gasteiger partial charge in [0.05, 0.1) is 17.3 Å². The molecular formula is C19H20BrCl2N3O2S. The van der Waals surface area contributed by atoms with Crippen molar-refractivity contribution in [3.8, 4) is 11.5 Å². The van der Waals surface area contributed by atoms with Crippen molar-refractivity contribution in [2.75, 3.05) is 13.2 Å². The molecule has 0 fully saturated rings. The Morgan fingerprint density at radius 2 is 2.00 bits per heavy atom. The van der Waals surface area contributed by atoms with E-state index >= 15 is 0 Å². The zero-order valence-corrected chi connectivity index (χ0v) is 19.3. The fraction of sp³-hybridized carbons (Fsp3) is 0.263. The quantitative estimate of drug-likeness (QED) is 0.280. The standard InChI is InChI=1S/C19H20BrCl2N3O2S/c1-3-23-19(28)25-24-10-12-7-15(20)18(17(8-12)26-4-2)27-11-13-5-6-14(21)9-16(13)22/h5-10H,3-4,11H2,1-2H3,(H2,23,25,28)/b24-10-. The van der Waals surface area contributed by atoms with Gasteiger partial charge in [-0.25, -0.2) is 0 Å². The first-order chi connectivity index (χ1) is 13.4. The maximum atomic E-state index is 6.22. The summed E-state index contributed by atoms with van der Waals surface area (Å²) in [5.41, 5.74) is 4.40. The Hall–Kier alpha value is -1.54. The molecule has 0 bridgehead atoms. The third kappa shape index (κ3) is 6.81. The molecule has 0 radical (unpaired) electrons. The van der Waals surface area contributed by atoms with Crippen LogP contribution in [-0.2, 0) is 6.61 Å². The molecule has 0 aliphatic rings. The number of thiocarbonyl (C=S) groups is 1. The Balaban J connectivity index is 2.17. The van der Waals surface area contributed by atoms with Crippen molar-refractivity contribution in [1.82, 2.24) is 10.7 Å². The summed E-state index contributed by atoms with van der Waals surface area (Å²) in [7, 11) is 0. The van der Waals surface area contributed by atoms with E-state index in [4.69, 9.17) is 44.9 Å². The molecule has 2 aromatic rings. The minimum atomic E-state index is 0.278. The minimum absolute atomic E-state index is 0.278. The molecule has 0 aliphatic carbocycles. The summed E-state index contributed by atoms with van der Waals surface area (Å²) in [5, 5.41) is 8.67. The van der Waals surface area contributed by atoms with Crippen LogP contribution >= 0.6 is 51.3 Å².